The van der Waals surface area contributed by atoms with E-state index >= 15 is 0 Å². The zero-order valence-electron chi connectivity index (χ0n) is 8.28. The van der Waals surface area contributed by atoms with E-state index in [9.17, 15) is 13.6 Å². The standard InChI is InChI=1S/C11H10F2O2S/c12-9-6-10(13)8(11(14)15)5-7(9)3-1-2-4-16/h1,3,5-6,16H,2,4H2,(H,14,15). The van der Waals surface area contributed by atoms with Crippen LogP contribution in [0.2, 0.25) is 0 Å². The van der Waals surface area contributed by atoms with Crippen molar-refractivity contribution in [2.75, 3.05) is 5.75 Å². The van der Waals surface area contributed by atoms with Crippen molar-refractivity contribution in [1.82, 2.24) is 0 Å². The van der Waals surface area contributed by atoms with Gasteiger partial charge in [-0.3, -0.25) is 0 Å². The minimum Gasteiger partial charge on any atom is -0.478 e. The first-order valence-electron chi connectivity index (χ1n) is 4.56. The van der Waals surface area contributed by atoms with Crippen LogP contribution in [0.5, 0.6) is 0 Å². The molecule has 0 atom stereocenters. The number of hydrogen-bond acceptors (Lipinski definition) is 2. The average Bonchev–Trinajstić information content (AvgIpc) is 2.21. The monoisotopic (exact) mass is 244 g/mol. The molecule has 0 radical (unpaired) electrons. The molecule has 0 bridgehead atoms. The van der Waals surface area contributed by atoms with Crippen LogP contribution in [0.1, 0.15) is 22.3 Å². The molecule has 0 heterocycles. The molecule has 1 aromatic rings. The van der Waals surface area contributed by atoms with Gasteiger partial charge in [0, 0.05) is 11.6 Å². The molecule has 0 aliphatic heterocycles. The fraction of sp³-hybridized carbons (Fsp3) is 0.182. The van der Waals surface area contributed by atoms with E-state index in [-0.39, 0.29) is 5.56 Å². The SMILES string of the molecule is O=C(O)c1cc(C=CCCS)c(F)cc1F. The third kappa shape index (κ3) is 3.06. The number of rotatable bonds is 4. The molecule has 1 rings (SSSR count). The van der Waals surface area contributed by atoms with E-state index in [1.165, 1.54) is 6.08 Å². The third-order valence-electron chi connectivity index (χ3n) is 1.91. The highest BCUT2D eigenvalue weighted by atomic mass is 32.1. The Hall–Kier alpha value is -1.36. The van der Waals surface area contributed by atoms with Gasteiger partial charge in [-0.25, -0.2) is 13.6 Å². The van der Waals surface area contributed by atoms with Gasteiger partial charge in [-0.15, -0.1) is 0 Å². The topological polar surface area (TPSA) is 37.3 Å². The Bertz CT molecular complexity index is 430. The van der Waals surface area contributed by atoms with Crippen molar-refractivity contribution in [2.24, 2.45) is 0 Å². The van der Waals surface area contributed by atoms with Gasteiger partial charge in [-0.1, -0.05) is 12.2 Å². The molecule has 0 aliphatic carbocycles. The Kier molecular flexibility index (Phi) is 4.49. The third-order valence-corrected chi connectivity index (χ3v) is 2.17. The van der Waals surface area contributed by atoms with E-state index in [0.29, 0.717) is 18.2 Å². The van der Waals surface area contributed by atoms with Crippen LogP contribution in [0.3, 0.4) is 0 Å². The number of aromatic carboxylic acids is 1. The van der Waals surface area contributed by atoms with Gasteiger partial charge >= 0.3 is 5.97 Å². The number of benzene rings is 1. The molecule has 0 unspecified atom stereocenters. The van der Waals surface area contributed by atoms with Crippen LogP contribution in [-0.4, -0.2) is 16.8 Å². The van der Waals surface area contributed by atoms with E-state index in [0.717, 1.165) is 6.07 Å². The summed E-state index contributed by atoms with van der Waals surface area (Å²) < 4.78 is 26.2. The summed E-state index contributed by atoms with van der Waals surface area (Å²) in [6.45, 7) is 0. The summed E-state index contributed by atoms with van der Waals surface area (Å²) in [7, 11) is 0. The van der Waals surface area contributed by atoms with Crippen LogP contribution in [0, 0.1) is 11.6 Å². The molecule has 1 N–H and O–H groups in total. The average molecular weight is 244 g/mol. The van der Waals surface area contributed by atoms with E-state index < -0.39 is 23.2 Å². The fourth-order valence-corrected chi connectivity index (χ4v) is 1.29. The lowest BCUT2D eigenvalue weighted by Gasteiger charge is -2.01. The van der Waals surface area contributed by atoms with Gasteiger partial charge in [-0.2, -0.15) is 12.6 Å². The molecular formula is C11H10F2O2S. The number of thiol groups is 1. The molecule has 16 heavy (non-hydrogen) atoms. The van der Waals surface area contributed by atoms with Gasteiger partial charge in [0.1, 0.15) is 11.6 Å². The normalized spacial score (nSPS) is 10.9. The van der Waals surface area contributed by atoms with Gasteiger partial charge in [0.15, 0.2) is 0 Å². The van der Waals surface area contributed by atoms with Crippen molar-refractivity contribution in [3.8, 4) is 0 Å². The second kappa shape index (κ2) is 5.65. The highest BCUT2D eigenvalue weighted by Gasteiger charge is 2.13. The Morgan fingerprint density at radius 2 is 2.06 bits per heavy atom. The van der Waals surface area contributed by atoms with Crippen molar-refractivity contribution >= 4 is 24.7 Å². The first kappa shape index (κ1) is 12.7. The lowest BCUT2D eigenvalue weighted by molar-refractivity contribution is 0.0691. The van der Waals surface area contributed by atoms with Gasteiger partial charge < -0.3 is 5.11 Å². The van der Waals surface area contributed by atoms with Crippen molar-refractivity contribution in [3.63, 3.8) is 0 Å². The summed E-state index contributed by atoms with van der Waals surface area (Å²) in [6.07, 6.45) is 3.69. The quantitative estimate of drug-likeness (QED) is 0.799. The van der Waals surface area contributed by atoms with E-state index in [4.69, 9.17) is 5.11 Å². The Morgan fingerprint density at radius 3 is 2.62 bits per heavy atom. The predicted octanol–water partition coefficient (Wildman–Crippen LogP) is 3.00. The summed E-state index contributed by atoms with van der Waals surface area (Å²) >= 11 is 3.96. The summed E-state index contributed by atoms with van der Waals surface area (Å²) in [5.41, 5.74) is -0.479. The maximum Gasteiger partial charge on any atom is 0.338 e. The highest BCUT2D eigenvalue weighted by Crippen LogP contribution is 2.16. The molecule has 2 nitrogen and oxygen atoms in total. The zero-order chi connectivity index (χ0) is 12.1. The van der Waals surface area contributed by atoms with Gasteiger partial charge in [0.05, 0.1) is 5.56 Å². The van der Waals surface area contributed by atoms with Crippen LogP contribution in [0.15, 0.2) is 18.2 Å². The Labute approximate surface area is 97.0 Å². The number of allylic oxidation sites excluding steroid dienone is 1. The van der Waals surface area contributed by atoms with E-state index in [1.807, 2.05) is 0 Å². The largest absolute Gasteiger partial charge is 0.478 e. The number of carboxylic acid groups (broad SMARTS) is 1. The van der Waals surface area contributed by atoms with E-state index in [1.54, 1.807) is 6.08 Å². The number of halogens is 2. The number of carbonyl (C=O) groups is 1. The lowest BCUT2D eigenvalue weighted by Crippen LogP contribution is -2.02. The molecule has 0 aromatic heterocycles. The zero-order valence-corrected chi connectivity index (χ0v) is 9.18. The summed E-state index contributed by atoms with van der Waals surface area (Å²) in [6, 6.07) is 1.55. The van der Waals surface area contributed by atoms with Crippen molar-refractivity contribution < 1.29 is 18.7 Å². The molecule has 5 heteroatoms. The molecule has 0 spiro atoms. The van der Waals surface area contributed by atoms with Gasteiger partial charge in [0.25, 0.3) is 0 Å². The van der Waals surface area contributed by atoms with Gasteiger partial charge in [-0.05, 0) is 18.2 Å². The maximum atomic E-state index is 13.2. The molecule has 0 amide bonds. The number of carboxylic acids is 1. The summed E-state index contributed by atoms with van der Waals surface area (Å²) in [5, 5.41) is 8.65. The van der Waals surface area contributed by atoms with E-state index in [2.05, 4.69) is 12.6 Å². The minimum atomic E-state index is -1.42. The molecule has 86 valence electrons. The van der Waals surface area contributed by atoms with Crippen molar-refractivity contribution in [2.45, 2.75) is 6.42 Å². The van der Waals surface area contributed by atoms with Gasteiger partial charge in [0.2, 0.25) is 0 Å². The summed E-state index contributed by atoms with van der Waals surface area (Å²) in [4.78, 5) is 10.6. The predicted molar refractivity (Wildman–Crippen MR) is 60.8 cm³/mol. The first-order chi connectivity index (χ1) is 7.56. The molecule has 0 saturated carbocycles. The lowest BCUT2D eigenvalue weighted by atomic mass is 10.1. The molecule has 1 aromatic carbocycles. The minimum absolute atomic E-state index is 0.0561. The molecule has 0 fully saturated rings. The highest BCUT2D eigenvalue weighted by molar-refractivity contribution is 7.80. The summed E-state index contributed by atoms with van der Waals surface area (Å²) in [5.74, 6) is -2.67. The van der Waals surface area contributed by atoms with Crippen LogP contribution in [0.25, 0.3) is 6.08 Å². The maximum absolute atomic E-state index is 13.2. The van der Waals surface area contributed by atoms with Crippen LogP contribution in [-0.2, 0) is 0 Å². The Morgan fingerprint density at radius 1 is 1.38 bits per heavy atom. The second-order valence-corrected chi connectivity index (χ2v) is 3.52. The van der Waals surface area contributed by atoms with Crippen LogP contribution >= 0.6 is 12.6 Å². The Balaban J connectivity index is 3.09. The van der Waals surface area contributed by atoms with Crippen molar-refractivity contribution in [1.29, 1.82) is 0 Å². The fourth-order valence-electron chi connectivity index (χ4n) is 1.14. The van der Waals surface area contributed by atoms with Crippen LogP contribution in [0.4, 0.5) is 8.78 Å². The van der Waals surface area contributed by atoms with Crippen molar-refractivity contribution in [3.05, 3.63) is 41.0 Å². The molecule has 0 saturated heterocycles. The second-order valence-electron chi connectivity index (χ2n) is 3.07. The molecule has 0 aliphatic rings. The van der Waals surface area contributed by atoms with Crippen LogP contribution < -0.4 is 0 Å². The molecular weight excluding hydrogens is 234 g/mol. The smallest absolute Gasteiger partial charge is 0.338 e. The first-order valence-corrected chi connectivity index (χ1v) is 5.19. The number of hydrogen-bond donors (Lipinski definition) is 2.